The number of aromatic nitrogens is 4. The van der Waals surface area contributed by atoms with Crippen molar-refractivity contribution in [2.75, 3.05) is 24.5 Å². The van der Waals surface area contributed by atoms with Gasteiger partial charge in [0.1, 0.15) is 10.7 Å². The number of piperazine rings is 1. The van der Waals surface area contributed by atoms with Crippen LogP contribution in [0.5, 0.6) is 0 Å². The molecule has 4 aromatic rings. The summed E-state index contributed by atoms with van der Waals surface area (Å²) in [6.07, 6.45) is 7.54. The van der Waals surface area contributed by atoms with Crippen molar-refractivity contribution in [1.82, 2.24) is 23.9 Å². The van der Waals surface area contributed by atoms with Gasteiger partial charge in [-0.05, 0) is 61.7 Å². The van der Waals surface area contributed by atoms with Crippen LogP contribution < -0.4 is 4.90 Å². The minimum absolute atomic E-state index is 0.278. The van der Waals surface area contributed by atoms with Crippen LogP contribution in [0.2, 0.25) is 0 Å². The van der Waals surface area contributed by atoms with Crippen LogP contribution in [0.3, 0.4) is 0 Å². The number of hydrogen-bond acceptors (Lipinski definition) is 5. The SMILES string of the molecule is CCCn1cc(S(=O)(=O)N2CCN(c3ccc4c(cnn4-c4ccc(F)cc4)c3)CC23CC3)cn1. The summed E-state index contributed by atoms with van der Waals surface area (Å²) in [6.45, 7) is 4.46. The van der Waals surface area contributed by atoms with Crippen LogP contribution in [0.15, 0.2) is 66.0 Å². The van der Waals surface area contributed by atoms with Crippen LogP contribution in [0.25, 0.3) is 16.6 Å². The van der Waals surface area contributed by atoms with Crippen molar-refractivity contribution in [3.05, 3.63) is 66.9 Å². The largest absolute Gasteiger partial charge is 0.368 e. The minimum atomic E-state index is -3.59. The Morgan fingerprint density at radius 1 is 1.00 bits per heavy atom. The fourth-order valence-corrected chi connectivity index (χ4v) is 6.83. The van der Waals surface area contributed by atoms with E-state index in [0.717, 1.165) is 41.5 Å². The normalized spacial score (nSPS) is 17.9. The topological polar surface area (TPSA) is 76.3 Å². The summed E-state index contributed by atoms with van der Waals surface area (Å²) in [5, 5.41) is 9.71. The average molecular weight is 495 g/mol. The van der Waals surface area contributed by atoms with Crippen molar-refractivity contribution < 1.29 is 12.8 Å². The molecule has 0 amide bonds. The second kappa shape index (κ2) is 8.17. The summed E-state index contributed by atoms with van der Waals surface area (Å²) in [7, 11) is -3.59. The Bertz CT molecular complexity index is 1490. The summed E-state index contributed by atoms with van der Waals surface area (Å²) in [6, 6.07) is 12.4. The van der Waals surface area contributed by atoms with Gasteiger partial charge in [0, 0.05) is 43.4 Å². The zero-order valence-electron chi connectivity index (χ0n) is 19.5. The Morgan fingerprint density at radius 3 is 2.51 bits per heavy atom. The third-order valence-electron chi connectivity index (χ3n) is 7.05. The van der Waals surface area contributed by atoms with Gasteiger partial charge in [-0.2, -0.15) is 14.5 Å². The lowest BCUT2D eigenvalue weighted by Crippen LogP contribution is -2.57. The molecule has 1 aliphatic carbocycles. The first-order valence-corrected chi connectivity index (χ1v) is 13.4. The van der Waals surface area contributed by atoms with Crippen LogP contribution in [-0.2, 0) is 16.6 Å². The Kier molecular flexibility index (Phi) is 5.19. The molecule has 1 aliphatic heterocycles. The van der Waals surface area contributed by atoms with Gasteiger partial charge in [-0.1, -0.05) is 6.92 Å². The molecule has 2 aromatic carbocycles. The minimum Gasteiger partial charge on any atom is -0.368 e. The molecular formula is C25H27FN6O2S. The van der Waals surface area contributed by atoms with Gasteiger partial charge in [-0.15, -0.1) is 0 Å². The lowest BCUT2D eigenvalue weighted by atomic mass is 10.1. The number of aryl methyl sites for hydroxylation is 1. The van der Waals surface area contributed by atoms with Gasteiger partial charge in [0.2, 0.25) is 10.0 Å². The van der Waals surface area contributed by atoms with Gasteiger partial charge < -0.3 is 4.90 Å². The molecule has 6 rings (SSSR count). The number of sulfonamides is 1. The summed E-state index contributed by atoms with van der Waals surface area (Å²) < 4.78 is 45.4. The monoisotopic (exact) mass is 494 g/mol. The number of fused-ring (bicyclic) bond motifs is 1. The fraction of sp³-hybridized carbons (Fsp3) is 0.360. The quantitative estimate of drug-likeness (QED) is 0.407. The van der Waals surface area contributed by atoms with Crippen molar-refractivity contribution in [2.45, 2.75) is 43.2 Å². The molecule has 3 heterocycles. The number of rotatable bonds is 6. The maximum atomic E-state index is 13.5. The number of halogens is 1. The van der Waals surface area contributed by atoms with E-state index in [2.05, 4.69) is 27.2 Å². The lowest BCUT2D eigenvalue weighted by Gasteiger charge is -2.42. The molecule has 2 aromatic heterocycles. The third-order valence-corrected chi connectivity index (χ3v) is 9.01. The first-order valence-electron chi connectivity index (χ1n) is 11.9. The first kappa shape index (κ1) is 22.2. The molecule has 35 heavy (non-hydrogen) atoms. The second-order valence-electron chi connectivity index (χ2n) is 9.44. The maximum Gasteiger partial charge on any atom is 0.246 e. The van der Waals surface area contributed by atoms with Crippen LogP contribution in [0.4, 0.5) is 10.1 Å². The van der Waals surface area contributed by atoms with Gasteiger partial charge >= 0.3 is 0 Å². The van der Waals surface area contributed by atoms with E-state index in [1.54, 1.807) is 32.0 Å². The fourth-order valence-electron chi connectivity index (χ4n) is 5.07. The molecule has 2 fully saturated rings. The van der Waals surface area contributed by atoms with Crippen molar-refractivity contribution >= 4 is 26.6 Å². The molecule has 10 heteroatoms. The van der Waals surface area contributed by atoms with E-state index in [1.807, 2.05) is 19.2 Å². The van der Waals surface area contributed by atoms with E-state index in [1.165, 1.54) is 18.3 Å². The summed E-state index contributed by atoms with van der Waals surface area (Å²) in [5.74, 6) is -0.280. The highest BCUT2D eigenvalue weighted by atomic mass is 32.2. The molecule has 1 saturated carbocycles. The second-order valence-corrected chi connectivity index (χ2v) is 11.3. The van der Waals surface area contributed by atoms with Crippen LogP contribution >= 0.6 is 0 Å². The molecule has 0 bridgehead atoms. The molecule has 1 saturated heterocycles. The summed E-state index contributed by atoms with van der Waals surface area (Å²) in [5.41, 5.74) is 2.42. The number of hydrogen-bond donors (Lipinski definition) is 0. The van der Waals surface area contributed by atoms with E-state index in [9.17, 15) is 12.8 Å². The Hall–Kier alpha value is -3.24. The molecule has 0 radical (unpaired) electrons. The van der Waals surface area contributed by atoms with Crippen LogP contribution in [0, 0.1) is 5.82 Å². The van der Waals surface area contributed by atoms with E-state index in [4.69, 9.17) is 0 Å². The number of anilines is 1. The smallest absolute Gasteiger partial charge is 0.246 e. The van der Waals surface area contributed by atoms with Crippen molar-refractivity contribution in [3.63, 3.8) is 0 Å². The van der Waals surface area contributed by atoms with E-state index >= 15 is 0 Å². The van der Waals surface area contributed by atoms with Crippen molar-refractivity contribution in [3.8, 4) is 5.69 Å². The molecule has 1 spiro atoms. The van der Waals surface area contributed by atoms with Gasteiger partial charge in [-0.3, -0.25) is 4.68 Å². The molecule has 0 N–H and O–H groups in total. The van der Waals surface area contributed by atoms with Crippen LogP contribution in [0.1, 0.15) is 26.2 Å². The van der Waals surface area contributed by atoms with Gasteiger partial charge in [-0.25, -0.2) is 17.5 Å². The van der Waals surface area contributed by atoms with Gasteiger partial charge in [0.05, 0.1) is 29.1 Å². The van der Waals surface area contributed by atoms with Crippen molar-refractivity contribution in [2.24, 2.45) is 0 Å². The molecule has 8 nitrogen and oxygen atoms in total. The number of benzene rings is 2. The standard InChI is InChI=1S/C25H27FN6O2S/c1-2-11-30-17-23(16-27-30)35(33,34)31-13-12-29(18-25(31)9-10-25)22-7-8-24-19(14-22)15-28-32(24)21-5-3-20(26)4-6-21/h3-8,14-17H,2,9-13,18H2,1H3. The summed E-state index contributed by atoms with van der Waals surface area (Å²) >= 11 is 0. The third kappa shape index (κ3) is 3.81. The number of nitrogens with zero attached hydrogens (tertiary/aromatic N) is 6. The van der Waals surface area contributed by atoms with E-state index in [-0.39, 0.29) is 16.3 Å². The predicted molar refractivity (Wildman–Crippen MR) is 132 cm³/mol. The Balaban J connectivity index is 1.24. The first-order chi connectivity index (χ1) is 16.9. The molecular weight excluding hydrogens is 467 g/mol. The molecule has 182 valence electrons. The lowest BCUT2D eigenvalue weighted by molar-refractivity contribution is 0.271. The van der Waals surface area contributed by atoms with Crippen LogP contribution in [-0.4, -0.2) is 57.5 Å². The van der Waals surface area contributed by atoms with Gasteiger partial charge in [0.15, 0.2) is 0 Å². The highest BCUT2D eigenvalue weighted by Gasteiger charge is 2.56. The van der Waals surface area contributed by atoms with Crippen molar-refractivity contribution in [1.29, 1.82) is 0 Å². The highest BCUT2D eigenvalue weighted by molar-refractivity contribution is 7.89. The van der Waals surface area contributed by atoms with E-state index < -0.39 is 10.0 Å². The molecule has 0 unspecified atom stereocenters. The Morgan fingerprint density at radius 2 is 1.77 bits per heavy atom. The zero-order chi connectivity index (χ0) is 24.2. The molecule has 2 aliphatic rings. The maximum absolute atomic E-state index is 13.5. The Labute approximate surface area is 203 Å². The zero-order valence-corrected chi connectivity index (χ0v) is 20.3. The van der Waals surface area contributed by atoms with Gasteiger partial charge in [0.25, 0.3) is 0 Å². The molecule has 0 atom stereocenters. The summed E-state index contributed by atoms with van der Waals surface area (Å²) in [4.78, 5) is 2.55. The highest BCUT2D eigenvalue weighted by Crippen LogP contribution is 2.47. The predicted octanol–water partition coefficient (Wildman–Crippen LogP) is 3.81. The average Bonchev–Trinajstić information content (AvgIpc) is 3.25. The van der Waals surface area contributed by atoms with E-state index in [0.29, 0.717) is 26.2 Å².